The van der Waals surface area contributed by atoms with E-state index in [2.05, 4.69) is 0 Å². The van der Waals surface area contributed by atoms with Gasteiger partial charge < -0.3 is 9.64 Å². The lowest BCUT2D eigenvalue weighted by atomic mass is 10.1. The van der Waals surface area contributed by atoms with Crippen molar-refractivity contribution in [1.29, 1.82) is 0 Å². The molecule has 1 fully saturated rings. The van der Waals surface area contributed by atoms with Crippen LogP contribution in [0, 0.1) is 5.92 Å². The Morgan fingerprint density at radius 2 is 1.95 bits per heavy atom. The molecule has 0 amide bonds. The van der Waals surface area contributed by atoms with Gasteiger partial charge in [0.05, 0.1) is 19.8 Å². The van der Waals surface area contributed by atoms with E-state index in [1.165, 1.54) is 6.08 Å². The van der Waals surface area contributed by atoms with Gasteiger partial charge in [0.25, 0.3) is 0 Å². The van der Waals surface area contributed by atoms with Crippen LogP contribution in [0.15, 0.2) is 42.3 Å². The third-order valence-electron chi connectivity index (χ3n) is 2.91. The number of carbonyl (C=O) groups is 1. The van der Waals surface area contributed by atoms with Gasteiger partial charge in [0.2, 0.25) is 0 Å². The fourth-order valence-corrected chi connectivity index (χ4v) is 1.73. The lowest BCUT2D eigenvalue weighted by molar-refractivity contribution is -0.248. The van der Waals surface area contributed by atoms with E-state index < -0.39 is 0 Å². The van der Waals surface area contributed by atoms with Gasteiger partial charge >= 0.3 is 0 Å². The first-order valence-electron chi connectivity index (χ1n) is 6.52. The van der Waals surface area contributed by atoms with E-state index in [1.807, 2.05) is 32.3 Å². The second-order valence-electron chi connectivity index (χ2n) is 4.85. The smallest absolute Gasteiger partial charge is 0.192 e. The molecule has 1 aliphatic heterocycles. The predicted octanol–water partition coefficient (Wildman–Crippen LogP) is 1.87. The Morgan fingerprint density at radius 1 is 1.30 bits per heavy atom. The van der Waals surface area contributed by atoms with Crippen LogP contribution in [-0.2, 0) is 14.5 Å². The monoisotopic (exact) mass is 277 g/mol. The quantitative estimate of drug-likeness (QED) is 0.344. The van der Waals surface area contributed by atoms with Crippen molar-refractivity contribution < 1.29 is 19.3 Å². The molecule has 0 unspecified atom stereocenters. The molecule has 0 bridgehead atoms. The highest BCUT2D eigenvalue weighted by atomic mass is 17.2. The molecule has 1 aliphatic rings. The summed E-state index contributed by atoms with van der Waals surface area (Å²) in [5.41, 5.74) is 0.642. The molecule has 1 aromatic carbocycles. The molecule has 1 heterocycles. The summed E-state index contributed by atoms with van der Waals surface area (Å²) in [6, 6.07) is 9.12. The van der Waals surface area contributed by atoms with Crippen molar-refractivity contribution in [2.45, 2.75) is 0 Å². The molecule has 2 rings (SSSR count). The number of carbonyl (C=O) groups excluding carboxylic acids is 1. The number of nitrogens with zero attached hydrogens (tertiary/aromatic N) is 1. The van der Waals surface area contributed by atoms with Gasteiger partial charge in [-0.05, 0) is 0 Å². The molecular formula is C15H19NO4. The topological polar surface area (TPSA) is 48.0 Å². The summed E-state index contributed by atoms with van der Waals surface area (Å²) in [6.45, 7) is 1.51. The molecule has 108 valence electrons. The van der Waals surface area contributed by atoms with Gasteiger partial charge in [-0.25, -0.2) is 9.78 Å². The fourth-order valence-electron chi connectivity index (χ4n) is 1.73. The number of hydrogen-bond donors (Lipinski definition) is 0. The summed E-state index contributed by atoms with van der Waals surface area (Å²) >= 11 is 0. The van der Waals surface area contributed by atoms with Gasteiger partial charge in [-0.2, -0.15) is 0 Å². The molecule has 0 aromatic heterocycles. The van der Waals surface area contributed by atoms with Gasteiger partial charge in [0.1, 0.15) is 0 Å². The minimum Gasteiger partial charge on any atom is -0.478 e. The molecule has 5 heteroatoms. The van der Waals surface area contributed by atoms with E-state index >= 15 is 0 Å². The molecule has 1 saturated heterocycles. The van der Waals surface area contributed by atoms with E-state index in [-0.39, 0.29) is 11.7 Å². The van der Waals surface area contributed by atoms with Crippen LogP contribution in [0.1, 0.15) is 10.4 Å². The van der Waals surface area contributed by atoms with Crippen LogP contribution in [0.25, 0.3) is 0 Å². The van der Waals surface area contributed by atoms with Crippen molar-refractivity contribution in [3.8, 4) is 0 Å². The van der Waals surface area contributed by atoms with Crippen LogP contribution >= 0.6 is 0 Å². The number of benzene rings is 1. The molecule has 20 heavy (non-hydrogen) atoms. The van der Waals surface area contributed by atoms with Gasteiger partial charge in [-0.15, -0.1) is 0 Å². The van der Waals surface area contributed by atoms with Crippen LogP contribution < -0.4 is 0 Å². The fraction of sp³-hybridized carbons (Fsp3) is 0.400. The Morgan fingerprint density at radius 3 is 2.55 bits per heavy atom. The molecular weight excluding hydrogens is 258 g/mol. The highest BCUT2D eigenvalue weighted by molar-refractivity contribution is 6.04. The third-order valence-corrected chi connectivity index (χ3v) is 2.91. The first-order valence-corrected chi connectivity index (χ1v) is 6.52. The predicted molar refractivity (Wildman–Crippen MR) is 73.9 cm³/mol. The number of ketones is 1. The summed E-state index contributed by atoms with van der Waals surface area (Å²) in [4.78, 5) is 23.5. The van der Waals surface area contributed by atoms with Crippen molar-refractivity contribution in [1.82, 2.24) is 4.90 Å². The molecule has 5 nitrogen and oxygen atoms in total. The third kappa shape index (κ3) is 4.08. The number of ether oxygens (including phenoxy) is 1. The Bertz CT molecular complexity index is 464. The first kappa shape index (κ1) is 14.6. The SMILES string of the molecule is CN(C)C(=CC(=O)c1ccccc1)OCC1COOC1. The van der Waals surface area contributed by atoms with Crippen LogP contribution in [0.4, 0.5) is 0 Å². The molecule has 0 radical (unpaired) electrons. The second kappa shape index (κ2) is 7.07. The molecule has 0 spiro atoms. The Labute approximate surface area is 118 Å². The van der Waals surface area contributed by atoms with Crippen molar-refractivity contribution in [3.05, 3.63) is 47.9 Å². The van der Waals surface area contributed by atoms with E-state index in [0.29, 0.717) is 31.3 Å². The zero-order chi connectivity index (χ0) is 14.4. The minimum absolute atomic E-state index is 0.0757. The molecule has 1 aromatic rings. The minimum atomic E-state index is -0.0757. The lowest BCUT2D eigenvalue weighted by Crippen LogP contribution is -2.20. The average molecular weight is 277 g/mol. The number of rotatable bonds is 6. The summed E-state index contributed by atoms with van der Waals surface area (Å²) in [7, 11) is 3.68. The van der Waals surface area contributed by atoms with Crippen LogP contribution in [0.2, 0.25) is 0 Å². The normalized spacial score (nSPS) is 16.2. The molecule has 0 N–H and O–H groups in total. The average Bonchev–Trinajstić information content (AvgIpc) is 2.97. The van der Waals surface area contributed by atoms with Crippen LogP contribution in [0.5, 0.6) is 0 Å². The summed E-state index contributed by atoms with van der Waals surface area (Å²) in [5, 5.41) is 0. The van der Waals surface area contributed by atoms with Gasteiger partial charge in [0, 0.05) is 31.7 Å². The van der Waals surface area contributed by atoms with E-state index in [1.54, 1.807) is 17.0 Å². The molecule has 0 saturated carbocycles. The van der Waals surface area contributed by atoms with Gasteiger partial charge in [-0.1, -0.05) is 30.3 Å². The standard InChI is InChI=1S/C15H19NO4/c1-16(2)15(18-9-12-10-19-20-11-12)8-14(17)13-6-4-3-5-7-13/h3-8,12H,9-11H2,1-2H3. The van der Waals surface area contributed by atoms with Crippen molar-refractivity contribution in [2.75, 3.05) is 33.9 Å². The zero-order valence-electron chi connectivity index (χ0n) is 11.7. The maximum atomic E-state index is 12.1. The van der Waals surface area contributed by atoms with Gasteiger partial charge in [0.15, 0.2) is 11.7 Å². The molecule has 0 atom stereocenters. The Kier molecular flexibility index (Phi) is 5.15. The Hall–Kier alpha value is -1.85. The van der Waals surface area contributed by atoms with E-state index in [4.69, 9.17) is 14.5 Å². The summed E-state index contributed by atoms with van der Waals surface area (Å²) in [6.07, 6.45) is 1.51. The maximum Gasteiger partial charge on any atom is 0.192 e. The highest BCUT2D eigenvalue weighted by Crippen LogP contribution is 2.12. The molecule has 0 aliphatic carbocycles. The van der Waals surface area contributed by atoms with Crippen molar-refractivity contribution >= 4 is 5.78 Å². The van der Waals surface area contributed by atoms with Crippen molar-refractivity contribution in [2.24, 2.45) is 5.92 Å². The lowest BCUT2D eigenvalue weighted by Gasteiger charge is -2.19. The maximum absolute atomic E-state index is 12.1. The Balaban J connectivity index is 1.99. The largest absolute Gasteiger partial charge is 0.478 e. The van der Waals surface area contributed by atoms with Gasteiger partial charge in [-0.3, -0.25) is 4.79 Å². The first-order chi connectivity index (χ1) is 9.66. The zero-order valence-corrected chi connectivity index (χ0v) is 11.7. The summed E-state index contributed by atoms with van der Waals surface area (Å²) in [5.74, 6) is 0.657. The van der Waals surface area contributed by atoms with E-state index in [0.717, 1.165) is 0 Å². The van der Waals surface area contributed by atoms with Crippen LogP contribution in [0.3, 0.4) is 0 Å². The van der Waals surface area contributed by atoms with E-state index in [9.17, 15) is 4.79 Å². The number of hydrogen-bond acceptors (Lipinski definition) is 5. The summed E-state index contributed by atoms with van der Waals surface area (Å²) < 4.78 is 5.69. The van der Waals surface area contributed by atoms with Crippen molar-refractivity contribution in [3.63, 3.8) is 0 Å². The van der Waals surface area contributed by atoms with Crippen LogP contribution in [-0.4, -0.2) is 44.6 Å². The second-order valence-corrected chi connectivity index (χ2v) is 4.85. The number of allylic oxidation sites excluding steroid dienone is 1. The highest BCUT2D eigenvalue weighted by Gasteiger charge is 2.19.